The molecule has 0 fully saturated rings. The van der Waals surface area contributed by atoms with Crippen LogP contribution in [0.5, 0.6) is 5.75 Å². The van der Waals surface area contributed by atoms with Gasteiger partial charge in [-0.2, -0.15) is 5.10 Å². The van der Waals surface area contributed by atoms with Crippen LogP contribution in [0, 0.1) is 0 Å². The van der Waals surface area contributed by atoms with Gasteiger partial charge in [-0.3, -0.25) is 0 Å². The van der Waals surface area contributed by atoms with E-state index in [4.69, 9.17) is 16.3 Å². The third-order valence-corrected chi connectivity index (χ3v) is 2.21. The number of ether oxygens (including phenoxy) is 1. The zero-order valence-electron chi connectivity index (χ0n) is 8.48. The van der Waals surface area contributed by atoms with Crippen LogP contribution >= 0.6 is 11.6 Å². The Morgan fingerprint density at radius 1 is 1.62 bits per heavy atom. The quantitative estimate of drug-likeness (QED) is 0.814. The largest absolute Gasteiger partial charge is 0.506 e. The lowest BCUT2D eigenvalue weighted by Gasteiger charge is -2.03. The van der Waals surface area contributed by atoms with E-state index in [0.717, 1.165) is 0 Å². The smallest absolute Gasteiger partial charge is 0.358 e. The molecule has 6 heteroatoms. The minimum Gasteiger partial charge on any atom is -0.506 e. The Hall–Kier alpha value is -1.75. The molecule has 2 heterocycles. The van der Waals surface area contributed by atoms with Crippen LogP contribution in [0.2, 0.25) is 5.02 Å². The first-order valence-corrected chi connectivity index (χ1v) is 5.04. The molecule has 0 amide bonds. The molecular formula is C10H9ClN2O3. The number of hydrogen-bond donors (Lipinski definition) is 1. The molecule has 0 bridgehead atoms. The summed E-state index contributed by atoms with van der Waals surface area (Å²) in [4.78, 5) is 11.4. The lowest BCUT2D eigenvalue weighted by molar-refractivity contribution is 0.0517. The summed E-state index contributed by atoms with van der Waals surface area (Å²) in [5.41, 5.74) is 0.483. The number of esters is 1. The molecular weight excluding hydrogens is 232 g/mol. The number of aromatic hydroxyl groups is 1. The van der Waals surface area contributed by atoms with E-state index in [0.29, 0.717) is 10.5 Å². The van der Waals surface area contributed by atoms with Gasteiger partial charge in [0.05, 0.1) is 11.6 Å². The molecule has 0 aliphatic carbocycles. The SMILES string of the molecule is CCOC(=O)c1cc(O)c2cc(Cl)cn2n1. The molecule has 0 saturated heterocycles. The van der Waals surface area contributed by atoms with Crippen molar-refractivity contribution >= 4 is 23.1 Å². The summed E-state index contributed by atoms with van der Waals surface area (Å²) in [6, 6.07) is 2.81. The lowest BCUT2D eigenvalue weighted by atomic mass is 10.3. The van der Waals surface area contributed by atoms with E-state index in [1.165, 1.54) is 16.8 Å². The highest BCUT2D eigenvalue weighted by molar-refractivity contribution is 6.31. The van der Waals surface area contributed by atoms with Crippen molar-refractivity contribution in [3.8, 4) is 5.75 Å². The summed E-state index contributed by atoms with van der Waals surface area (Å²) in [7, 11) is 0. The summed E-state index contributed by atoms with van der Waals surface area (Å²) in [6.45, 7) is 1.95. The fourth-order valence-corrected chi connectivity index (χ4v) is 1.54. The topological polar surface area (TPSA) is 63.8 Å². The van der Waals surface area contributed by atoms with Crippen LogP contribution in [0.25, 0.3) is 5.52 Å². The van der Waals surface area contributed by atoms with Gasteiger partial charge in [0.1, 0.15) is 11.3 Å². The van der Waals surface area contributed by atoms with Crippen LogP contribution in [0.1, 0.15) is 17.4 Å². The van der Waals surface area contributed by atoms with E-state index < -0.39 is 5.97 Å². The fraction of sp³-hybridized carbons (Fsp3) is 0.200. The molecule has 2 aromatic heterocycles. The van der Waals surface area contributed by atoms with Crippen molar-refractivity contribution < 1.29 is 14.6 Å². The van der Waals surface area contributed by atoms with Crippen molar-refractivity contribution in [2.24, 2.45) is 0 Å². The highest BCUT2D eigenvalue weighted by atomic mass is 35.5. The summed E-state index contributed by atoms with van der Waals surface area (Å²) >= 11 is 5.76. The number of halogens is 1. The zero-order chi connectivity index (χ0) is 11.7. The number of aromatic nitrogens is 2. The second kappa shape index (κ2) is 4.02. The number of nitrogens with zero attached hydrogens (tertiary/aromatic N) is 2. The average molecular weight is 241 g/mol. The van der Waals surface area contributed by atoms with E-state index in [2.05, 4.69) is 5.10 Å². The molecule has 1 N–H and O–H groups in total. The van der Waals surface area contributed by atoms with Crippen LogP contribution < -0.4 is 0 Å². The molecule has 0 saturated carbocycles. The van der Waals surface area contributed by atoms with Gasteiger partial charge in [0.25, 0.3) is 0 Å². The van der Waals surface area contributed by atoms with E-state index in [1.807, 2.05) is 0 Å². The number of rotatable bonds is 2. The Morgan fingerprint density at radius 2 is 2.38 bits per heavy atom. The van der Waals surface area contributed by atoms with Gasteiger partial charge in [0.15, 0.2) is 5.69 Å². The van der Waals surface area contributed by atoms with Gasteiger partial charge < -0.3 is 9.84 Å². The van der Waals surface area contributed by atoms with E-state index in [-0.39, 0.29) is 18.1 Å². The minimum absolute atomic E-state index is 0.0408. The molecule has 84 valence electrons. The Morgan fingerprint density at radius 3 is 3.06 bits per heavy atom. The van der Waals surface area contributed by atoms with Crippen molar-refractivity contribution in [3.63, 3.8) is 0 Å². The molecule has 0 radical (unpaired) electrons. The first-order valence-electron chi connectivity index (χ1n) is 4.67. The Labute approximate surface area is 96.2 Å². The molecule has 0 unspecified atom stereocenters. The molecule has 0 atom stereocenters. The number of carbonyl (C=O) groups is 1. The lowest BCUT2D eigenvalue weighted by Crippen LogP contribution is -2.09. The maximum atomic E-state index is 11.4. The van der Waals surface area contributed by atoms with Gasteiger partial charge in [-0.15, -0.1) is 0 Å². The predicted molar refractivity (Wildman–Crippen MR) is 57.8 cm³/mol. The van der Waals surface area contributed by atoms with Gasteiger partial charge in [-0.25, -0.2) is 9.31 Å². The summed E-state index contributed by atoms with van der Waals surface area (Å²) in [5, 5.41) is 14.1. The van der Waals surface area contributed by atoms with Gasteiger partial charge in [-0.05, 0) is 13.0 Å². The minimum atomic E-state index is -0.579. The second-order valence-corrected chi connectivity index (χ2v) is 3.56. The van der Waals surface area contributed by atoms with Crippen LogP contribution in [-0.4, -0.2) is 27.3 Å². The predicted octanol–water partition coefficient (Wildman–Crippen LogP) is 1.87. The molecule has 2 rings (SSSR count). The highest BCUT2D eigenvalue weighted by Crippen LogP contribution is 2.23. The normalized spacial score (nSPS) is 10.6. The van der Waals surface area contributed by atoms with Crippen LogP contribution in [0.3, 0.4) is 0 Å². The maximum Gasteiger partial charge on any atom is 0.358 e. The van der Waals surface area contributed by atoms with Gasteiger partial charge in [0, 0.05) is 12.3 Å². The molecule has 0 aliphatic rings. The zero-order valence-corrected chi connectivity index (χ0v) is 9.23. The first kappa shape index (κ1) is 10.8. The van der Waals surface area contributed by atoms with E-state index in [1.54, 1.807) is 13.0 Å². The van der Waals surface area contributed by atoms with Crippen LogP contribution in [0.4, 0.5) is 0 Å². The Bertz CT molecular complexity index is 550. The summed E-state index contributed by atoms with van der Waals surface area (Å²) in [6.07, 6.45) is 1.50. The van der Waals surface area contributed by atoms with Crippen molar-refractivity contribution in [2.45, 2.75) is 6.92 Å². The maximum absolute atomic E-state index is 11.4. The van der Waals surface area contributed by atoms with Crippen molar-refractivity contribution in [2.75, 3.05) is 6.61 Å². The third kappa shape index (κ3) is 1.81. The molecule has 5 nitrogen and oxygen atoms in total. The van der Waals surface area contributed by atoms with Crippen molar-refractivity contribution in [1.29, 1.82) is 0 Å². The number of hydrogen-bond acceptors (Lipinski definition) is 4. The molecule has 0 spiro atoms. The standard InChI is InChI=1S/C10H9ClN2O3/c1-2-16-10(15)7-4-9(14)8-3-6(11)5-13(8)12-7/h3-5,14H,2H2,1H3. The van der Waals surface area contributed by atoms with Crippen molar-refractivity contribution in [1.82, 2.24) is 9.61 Å². The highest BCUT2D eigenvalue weighted by Gasteiger charge is 2.13. The molecule has 0 aliphatic heterocycles. The Balaban J connectivity index is 2.53. The van der Waals surface area contributed by atoms with Gasteiger partial charge >= 0.3 is 5.97 Å². The van der Waals surface area contributed by atoms with E-state index in [9.17, 15) is 9.90 Å². The first-order chi connectivity index (χ1) is 7.61. The summed E-state index contributed by atoms with van der Waals surface area (Å²) in [5.74, 6) is -0.644. The molecule has 0 aromatic carbocycles. The van der Waals surface area contributed by atoms with E-state index >= 15 is 0 Å². The summed E-state index contributed by atoms with van der Waals surface area (Å²) < 4.78 is 6.12. The fourth-order valence-electron chi connectivity index (χ4n) is 1.35. The Kier molecular flexibility index (Phi) is 2.70. The average Bonchev–Trinajstić information content (AvgIpc) is 2.59. The van der Waals surface area contributed by atoms with Crippen LogP contribution in [0.15, 0.2) is 18.3 Å². The monoisotopic (exact) mass is 240 g/mol. The van der Waals surface area contributed by atoms with Crippen molar-refractivity contribution in [3.05, 3.63) is 29.0 Å². The van der Waals surface area contributed by atoms with Gasteiger partial charge in [0.2, 0.25) is 0 Å². The molecule has 2 aromatic rings. The number of fused-ring (bicyclic) bond motifs is 1. The second-order valence-electron chi connectivity index (χ2n) is 3.12. The van der Waals surface area contributed by atoms with Gasteiger partial charge in [-0.1, -0.05) is 11.6 Å². The third-order valence-electron chi connectivity index (χ3n) is 2.00. The molecule has 16 heavy (non-hydrogen) atoms. The van der Waals surface area contributed by atoms with Crippen LogP contribution in [-0.2, 0) is 4.74 Å². The number of carbonyl (C=O) groups excluding carboxylic acids is 1.